The summed E-state index contributed by atoms with van der Waals surface area (Å²) in [7, 11) is 0. The molecule has 1 N–H and O–H groups in total. The van der Waals surface area contributed by atoms with Gasteiger partial charge in [0.25, 0.3) is 5.69 Å². The van der Waals surface area contributed by atoms with E-state index in [4.69, 9.17) is 23.2 Å². The van der Waals surface area contributed by atoms with Crippen LogP contribution in [0.4, 0.5) is 15.8 Å². The highest BCUT2D eigenvalue weighted by Crippen LogP contribution is 2.28. The Bertz CT molecular complexity index is 1090. The van der Waals surface area contributed by atoms with Gasteiger partial charge in [-0.05, 0) is 31.2 Å². The topological polar surface area (TPSA) is 103 Å². The molecule has 1 amide bonds. The highest BCUT2D eigenvalue weighted by molar-refractivity contribution is 6.42. The average molecular weight is 424 g/mol. The fourth-order valence-corrected chi connectivity index (χ4v) is 2.76. The fraction of sp³-hybridized carbons (Fsp3) is 0.118. The first kappa shape index (κ1) is 19.7. The quantitative estimate of drug-likeness (QED) is 0.487. The third-order valence-corrected chi connectivity index (χ3v) is 4.42. The second kappa shape index (κ2) is 7.91. The van der Waals surface area contributed by atoms with E-state index in [0.29, 0.717) is 27.3 Å². The van der Waals surface area contributed by atoms with E-state index >= 15 is 0 Å². The van der Waals surface area contributed by atoms with Crippen LogP contribution in [-0.2, 0) is 11.3 Å². The number of nitro benzene ring substituents is 1. The number of amides is 1. The molecule has 0 bridgehead atoms. The van der Waals surface area contributed by atoms with E-state index in [1.165, 1.54) is 4.68 Å². The van der Waals surface area contributed by atoms with Gasteiger partial charge in [-0.25, -0.2) is 14.1 Å². The van der Waals surface area contributed by atoms with Gasteiger partial charge >= 0.3 is 0 Å². The van der Waals surface area contributed by atoms with Crippen LogP contribution in [0, 0.1) is 22.9 Å². The lowest BCUT2D eigenvalue weighted by molar-refractivity contribution is -0.384. The SMILES string of the molecule is Cc1nc(-c2ccc(Cl)c(Cl)c2)n(CC(=O)Nc2cc([N+](=O)[O-])ccc2F)n1. The van der Waals surface area contributed by atoms with E-state index in [0.717, 1.165) is 18.2 Å². The van der Waals surface area contributed by atoms with Crippen molar-refractivity contribution in [2.45, 2.75) is 13.5 Å². The Kier molecular flexibility index (Phi) is 5.57. The van der Waals surface area contributed by atoms with E-state index in [1.807, 2.05) is 0 Å². The standard InChI is InChI=1S/C17H12Cl2FN5O3/c1-9-21-17(10-2-4-12(18)13(19)6-10)24(23-9)8-16(26)22-15-7-11(25(27)28)3-5-14(15)20/h2-7H,8H2,1H3,(H,22,26). The van der Waals surface area contributed by atoms with Gasteiger partial charge < -0.3 is 5.32 Å². The first-order valence-electron chi connectivity index (χ1n) is 7.85. The zero-order chi connectivity index (χ0) is 20.4. The van der Waals surface area contributed by atoms with Crippen molar-refractivity contribution in [1.82, 2.24) is 14.8 Å². The van der Waals surface area contributed by atoms with E-state index in [-0.39, 0.29) is 17.9 Å². The van der Waals surface area contributed by atoms with Crippen molar-refractivity contribution in [3.63, 3.8) is 0 Å². The Morgan fingerprint density at radius 3 is 2.68 bits per heavy atom. The van der Waals surface area contributed by atoms with Crippen molar-refractivity contribution in [2.75, 3.05) is 5.32 Å². The summed E-state index contributed by atoms with van der Waals surface area (Å²) in [5.41, 5.74) is -0.0544. The molecule has 2 aromatic carbocycles. The van der Waals surface area contributed by atoms with E-state index in [2.05, 4.69) is 15.4 Å². The molecule has 0 saturated heterocycles. The Balaban J connectivity index is 1.85. The van der Waals surface area contributed by atoms with E-state index in [1.54, 1.807) is 25.1 Å². The van der Waals surface area contributed by atoms with Gasteiger partial charge in [-0.1, -0.05) is 23.2 Å². The van der Waals surface area contributed by atoms with E-state index < -0.39 is 16.6 Å². The van der Waals surface area contributed by atoms with Crippen LogP contribution >= 0.6 is 23.2 Å². The number of aromatic nitrogens is 3. The molecule has 0 aliphatic carbocycles. The summed E-state index contributed by atoms with van der Waals surface area (Å²) in [6.07, 6.45) is 0. The second-order valence-corrected chi connectivity index (χ2v) is 6.55. The first-order chi connectivity index (χ1) is 13.2. The molecular weight excluding hydrogens is 412 g/mol. The van der Waals surface area contributed by atoms with Crippen LogP contribution in [0.25, 0.3) is 11.4 Å². The number of aryl methyl sites for hydroxylation is 1. The average Bonchev–Trinajstić information content (AvgIpc) is 2.99. The molecule has 0 unspecified atom stereocenters. The number of non-ortho nitro benzene ring substituents is 1. The van der Waals surface area contributed by atoms with Gasteiger partial charge in [0.1, 0.15) is 18.2 Å². The minimum Gasteiger partial charge on any atom is -0.322 e. The Hall–Kier alpha value is -3.04. The minimum absolute atomic E-state index is 0.293. The molecule has 0 atom stereocenters. The number of anilines is 1. The van der Waals surface area contributed by atoms with Crippen LogP contribution in [0.3, 0.4) is 0 Å². The molecule has 0 spiro atoms. The molecule has 0 saturated carbocycles. The van der Waals surface area contributed by atoms with Gasteiger partial charge in [0.05, 0.1) is 20.7 Å². The van der Waals surface area contributed by atoms with Crippen molar-refractivity contribution in [2.24, 2.45) is 0 Å². The van der Waals surface area contributed by atoms with Crippen molar-refractivity contribution in [3.05, 3.63) is 68.2 Å². The highest BCUT2D eigenvalue weighted by atomic mass is 35.5. The number of nitrogens with one attached hydrogen (secondary N) is 1. The number of carbonyl (C=O) groups excluding carboxylic acids is 1. The van der Waals surface area contributed by atoms with Crippen molar-refractivity contribution in [3.8, 4) is 11.4 Å². The third kappa shape index (κ3) is 4.26. The normalized spacial score (nSPS) is 10.7. The summed E-state index contributed by atoms with van der Waals surface area (Å²) >= 11 is 11.9. The van der Waals surface area contributed by atoms with Crippen molar-refractivity contribution < 1.29 is 14.1 Å². The van der Waals surface area contributed by atoms with Crippen LogP contribution in [0.1, 0.15) is 5.82 Å². The zero-order valence-electron chi connectivity index (χ0n) is 14.3. The molecule has 8 nitrogen and oxygen atoms in total. The van der Waals surface area contributed by atoms with Crippen LogP contribution in [-0.4, -0.2) is 25.6 Å². The minimum atomic E-state index is -0.793. The molecule has 0 radical (unpaired) electrons. The van der Waals surface area contributed by atoms with Gasteiger partial charge in [0.2, 0.25) is 5.91 Å². The molecular formula is C17H12Cl2FN5O3. The Labute approximate surface area is 168 Å². The lowest BCUT2D eigenvalue weighted by atomic mass is 10.2. The maximum Gasteiger partial charge on any atom is 0.271 e. The molecule has 1 heterocycles. The van der Waals surface area contributed by atoms with Crippen molar-refractivity contribution in [1.29, 1.82) is 0 Å². The van der Waals surface area contributed by atoms with Gasteiger partial charge in [-0.15, -0.1) is 0 Å². The summed E-state index contributed by atoms with van der Waals surface area (Å²) in [5.74, 6) is -0.648. The molecule has 0 fully saturated rings. The molecule has 1 aromatic heterocycles. The largest absolute Gasteiger partial charge is 0.322 e. The number of hydrogen-bond acceptors (Lipinski definition) is 5. The predicted molar refractivity (Wildman–Crippen MR) is 102 cm³/mol. The number of nitro groups is 1. The lowest BCUT2D eigenvalue weighted by Crippen LogP contribution is -2.21. The summed E-state index contributed by atoms with van der Waals surface area (Å²) in [4.78, 5) is 26.8. The zero-order valence-corrected chi connectivity index (χ0v) is 15.8. The van der Waals surface area contributed by atoms with Crippen LogP contribution in [0.2, 0.25) is 10.0 Å². The second-order valence-electron chi connectivity index (χ2n) is 5.74. The molecule has 144 valence electrons. The number of benzene rings is 2. The summed E-state index contributed by atoms with van der Waals surface area (Å²) in [6.45, 7) is 1.36. The third-order valence-electron chi connectivity index (χ3n) is 3.68. The van der Waals surface area contributed by atoms with Crippen molar-refractivity contribution >= 4 is 40.5 Å². The van der Waals surface area contributed by atoms with Gasteiger partial charge in [-0.2, -0.15) is 5.10 Å². The summed E-state index contributed by atoms with van der Waals surface area (Å²) in [6, 6.07) is 7.71. The Morgan fingerprint density at radius 1 is 1.25 bits per heavy atom. The number of halogens is 3. The molecule has 0 aliphatic rings. The molecule has 3 aromatic rings. The fourth-order valence-electron chi connectivity index (χ4n) is 2.46. The number of hydrogen-bond donors (Lipinski definition) is 1. The van der Waals surface area contributed by atoms with Crippen LogP contribution in [0.5, 0.6) is 0 Å². The molecule has 3 rings (SSSR count). The molecule has 28 heavy (non-hydrogen) atoms. The maximum atomic E-state index is 13.9. The van der Waals surface area contributed by atoms with Gasteiger partial charge in [0, 0.05) is 17.7 Å². The van der Waals surface area contributed by atoms with E-state index in [9.17, 15) is 19.3 Å². The Morgan fingerprint density at radius 2 is 2.00 bits per heavy atom. The van der Waals surface area contributed by atoms with Gasteiger partial charge in [-0.3, -0.25) is 14.9 Å². The van der Waals surface area contributed by atoms with Crippen LogP contribution in [0.15, 0.2) is 36.4 Å². The van der Waals surface area contributed by atoms with Crippen LogP contribution < -0.4 is 5.32 Å². The lowest BCUT2D eigenvalue weighted by Gasteiger charge is -2.09. The van der Waals surface area contributed by atoms with Gasteiger partial charge in [0.15, 0.2) is 5.82 Å². The highest BCUT2D eigenvalue weighted by Gasteiger charge is 2.17. The first-order valence-corrected chi connectivity index (χ1v) is 8.61. The molecule has 0 aliphatic heterocycles. The monoisotopic (exact) mass is 423 g/mol. The number of rotatable bonds is 5. The summed E-state index contributed by atoms with van der Waals surface area (Å²) in [5, 5.41) is 18.0. The summed E-state index contributed by atoms with van der Waals surface area (Å²) < 4.78 is 15.2. The number of nitrogens with zero attached hydrogens (tertiary/aromatic N) is 4. The maximum absolute atomic E-state index is 13.9. The predicted octanol–water partition coefficient (Wildman–Crippen LogP) is 4.25. The smallest absolute Gasteiger partial charge is 0.271 e. The number of carbonyl (C=O) groups is 1. The molecule has 11 heteroatoms.